The van der Waals surface area contributed by atoms with Crippen LogP contribution in [0.3, 0.4) is 0 Å². The van der Waals surface area contributed by atoms with Crippen molar-refractivity contribution in [3.8, 4) is 0 Å². The monoisotopic (exact) mass is 434 g/mol. The Kier molecular flexibility index (Phi) is 6.48. The van der Waals surface area contributed by atoms with Gasteiger partial charge in [0.15, 0.2) is 0 Å². The lowest BCUT2D eigenvalue weighted by Crippen LogP contribution is -2.51. The molecule has 0 saturated carbocycles. The van der Waals surface area contributed by atoms with Crippen molar-refractivity contribution in [1.29, 1.82) is 0 Å². The molecule has 4 rings (SSSR count). The van der Waals surface area contributed by atoms with Crippen molar-refractivity contribution in [2.24, 2.45) is 0 Å². The molecule has 1 saturated heterocycles. The molecule has 2 amide bonds. The quantitative estimate of drug-likeness (QED) is 0.625. The van der Waals surface area contributed by atoms with Crippen molar-refractivity contribution in [3.05, 3.63) is 77.5 Å². The van der Waals surface area contributed by atoms with Gasteiger partial charge in [-0.05, 0) is 36.4 Å². The Morgan fingerprint density at radius 3 is 2.52 bits per heavy atom. The van der Waals surface area contributed by atoms with Gasteiger partial charge in [-0.2, -0.15) is 0 Å². The summed E-state index contributed by atoms with van der Waals surface area (Å²) in [5.41, 5.74) is 2.79. The smallest absolute Gasteiger partial charge is 0.244 e. The van der Waals surface area contributed by atoms with E-state index in [1.807, 2.05) is 54.6 Å². The largest absolute Gasteiger partial charge is 0.368 e. The summed E-state index contributed by atoms with van der Waals surface area (Å²) in [5, 5.41) is 4.40. The number of benzene rings is 2. The number of carbonyl (C=O) groups excluding carboxylic acids is 2. The third kappa shape index (κ3) is 5.22. The number of nitrogens with one attached hydrogen (secondary N) is 1. The number of carbonyl (C=O) groups is 2. The van der Waals surface area contributed by atoms with Crippen LogP contribution in [0.15, 0.2) is 66.9 Å². The first-order valence-electron chi connectivity index (χ1n) is 10.2. The van der Waals surface area contributed by atoms with Gasteiger partial charge in [0.2, 0.25) is 11.8 Å². The Labute approximate surface area is 186 Å². The molecular weight excluding hydrogens is 412 g/mol. The first kappa shape index (κ1) is 20.9. The van der Waals surface area contributed by atoms with E-state index in [0.29, 0.717) is 18.1 Å². The summed E-state index contributed by atoms with van der Waals surface area (Å²) in [4.78, 5) is 33.1. The van der Waals surface area contributed by atoms with E-state index < -0.39 is 0 Å². The van der Waals surface area contributed by atoms with Gasteiger partial charge < -0.3 is 15.1 Å². The zero-order valence-corrected chi connectivity index (χ0v) is 17.8. The lowest BCUT2D eigenvalue weighted by molar-refractivity contribution is -0.132. The van der Waals surface area contributed by atoms with Crippen molar-refractivity contribution < 1.29 is 9.59 Å². The fourth-order valence-electron chi connectivity index (χ4n) is 3.63. The average Bonchev–Trinajstić information content (AvgIpc) is 2.81. The Morgan fingerprint density at radius 2 is 1.74 bits per heavy atom. The van der Waals surface area contributed by atoms with Gasteiger partial charge >= 0.3 is 0 Å². The van der Waals surface area contributed by atoms with Gasteiger partial charge in [-0.1, -0.05) is 35.9 Å². The standard InChI is InChI=1S/C24H23ClN4O2/c25-20-7-9-21(10-8-20)28-13-15-29(16-14-28)23(31)17-27-22(30)11-6-19-4-1-3-18-5-2-12-26-24(18)19/h1-12H,13-17H2,(H,27,30)/b11-6+. The molecule has 0 unspecified atom stereocenters. The van der Waals surface area contributed by atoms with E-state index in [-0.39, 0.29) is 18.4 Å². The normalized spacial score (nSPS) is 14.2. The third-order valence-electron chi connectivity index (χ3n) is 5.32. The highest BCUT2D eigenvalue weighted by atomic mass is 35.5. The molecule has 0 atom stereocenters. The van der Waals surface area contributed by atoms with Crippen LogP contribution in [-0.2, 0) is 9.59 Å². The van der Waals surface area contributed by atoms with Crippen LogP contribution >= 0.6 is 11.6 Å². The van der Waals surface area contributed by atoms with E-state index in [1.54, 1.807) is 17.2 Å². The van der Waals surface area contributed by atoms with Crippen molar-refractivity contribution in [3.63, 3.8) is 0 Å². The van der Waals surface area contributed by atoms with Crippen molar-refractivity contribution in [2.45, 2.75) is 0 Å². The van der Waals surface area contributed by atoms with Crippen LogP contribution < -0.4 is 10.2 Å². The van der Waals surface area contributed by atoms with Gasteiger partial charge in [0.05, 0.1) is 12.1 Å². The molecule has 7 heteroatoms. The Bertz CT molecular complexity index is 1100. The van der Waals surface area contributed by atoms with Gasteiger partial charge in [0, 0.05) is 60.1 Å². The van der Waals surface area contributed by atoms with Crippen molar-refractivity contribution in [2.75, 3.05) is 37.6 Å². The minimum atomic E-state index is -0.305. The van der Waals surface area contributed by atoms with E-state index in [1.165, 1.54) is 6.08 Å². The van der Waals surface area contributed by atoms with Crippen LogP contribution in [0, 0.1) is 0 Å². The first-order valence-corrected chi connectivity index (χ1v) is 10.6. The van der Waals surface area contributed by atoms with Crippen LogP contribution in [0.4, 0.5) is 5.69 Å². The number of para-hydroxylation sites is 1. The molecule has 6 nitrogen and oxygen atoms in total. The number of nitrogens with zero attached hydrogens (tertiary/aromatic N) is 3. The van der Waals surface area contributed by atoms with Gasteiger partial charge in [0.25, 0.3) is 0 Å². The van der Waals surface area contributed by atoms with E-state index in [9.17, 15) is 9.59 Å². The molecule has 1 aromatic heterocycles. The number of hydrogen-bond acceptors (Lipinski definition) is 4. The number of halogens is 1. The zero-order chi connectivity index (χ0) is 21.6. The van der Waals surface area contributed by atoms with E-state index in [2.05, 4.69) is 15.2 Å². The molecule has 2 aromatic carbocycles. The fourth-order valence-corrected chi connectivity index (χ4v) is 3.75. The van der Waals surface area contributed by atoms with Crippen LogP contribution in [0.25, 0.3) is 17.0 Å². The topological polar surface area (TPSA) is 65.5 Å². The van der Waals surface area contributed by atoms with E-state index in [0.717, 1.165) is 35.2 Å². The number of aromatic nitrogens is 1. The molecule has 1 fully saturated rings. The summed E-state index contributed by atoms with van der Waals surface area (Å²) in [7, 11) is 0. The summed E-state index contributed by atoms with van der Waals surface area (Å²) in [6.45, 7) is 2.71. The van der Waals surface area contributed by atoms with Crippen molar-refractivity contribution >= 4 is 46.1 Å². The maximum absolute atomic E-state index is 12.5. The molecule has 31 heavy (non-hydrogen) atoms. The number of amides is 2. The Hall–Kier alpha value is -3.38. The average molecular weight is 435 g/mol. The molecule has 2 heterocycles. The van der Waals surface area contributed by atoms with Gasteiger partial charge in [-0.25, -0.2) is 0 Å². The molecular formula is C24H23ClN4O2. The Morgan fingerprint density at radius 1 is 1.00 bits per heavy atom. The molecule has 0 spiro atoms. The summed E-state index contributed by atoms with van der Waals surface area (Å²) in [6.07, 6.45) is 4.89. The summed E-state index contributed by atoms with van der Waals surface area (Å²) in [5.74, 6) is -0.384. The molecule has 0 bridgehead atoms. The van der Waals surface area contributed by atoms with E-state index >= 15 is 0 Å². The highest BCUT2D eigenvalue weighted by molar-refractivity contribution is 6.30. The number of pyridine rings is 1. The minimum Gasteiger partial charge on any atom is -0.368 e. The lowest BCUT2D eigenvalue weighted by Gasteiger charge is -2.36. The van der Waals surface area contributed by atoms with Gasteiger partial charge in [-0.15, -0.1) is 0 Å². The van der Waals surface area contributed by atoms with Crippen molar-refractivity contribution in [1.82, 2.24) is 15.2 Å². The summed E-state index contributed by atoms with van der Waals surface area (Å²) >= 11 is 5.94. The maximum Gasteiger partial charge on any atom is 0.244 e. The first-order chi connectivity index (χ1) is 15.1. The zero-order valence-electron chi connectivity index (χ0n) is 17.0. The second-order valence-corrected chi connectivity index (χ2v) is 7.75. The number of rotatable bonds is 5. The molecule has 0 aliphatic carbocycles. The highest BCUT2D eigenvalue weighted by Crippen LogP contribution is 2.19. The summed E-state index contributed by atoms with van der Waals surface area (Å²) in [6, 6.07) is 17.4. The van der Waals surface area contributed by atoms with Crippen LogP contribution in [-0.4, -0.2) is 54.4 Å². The van der Waals surface area contributed by atoms with Gasteiger partial charge in [-0.3, -0.25) is 14.6 Å². The molecule has 1 aliphatic heterocycles. The van der Waals surface area contributed by atoms with Crippen LogP contribution in [0.2, 0.25) is 5.02 Å². The van der Waals surface area contributed by atoms with Crippen LogP contribution in [0.1, 0.15) is 5.56 Å². The molecule has 3 aromatic rings. The fraction of sp³-hybridized carbons (Fsp3) is 0.208. The molecule has 0 radical (unpaired) electrons. The predicted molar refractivity (Wildman–Crippen MR) is 124 cm³/mol. The third-order valence-corrected chi connectivity index (χ3v) is 5.57. The molecule has 1 aliphatic rings. The predicted octanol–water partition coefficient (Wildman–Crippen LogP) is 3.37. The number of anilines is 1. The molecule has 1 N–H and O–H groups in total. The number of fused-ring (bicyclic) bond motifs is 1. The lowest BCUT2D eigenvalue weighted by atomic mass is 10.1. The number of hydrogen-bond donors (Lipinski definition) is 1. The van der Waals surface area contributed by atoms with E-state index in [4.69, 9.17) is 11.6 Å². The summed E-state index contributed by atoms with van der Waals surface area (Å²) < 4.78 is 0. The second-order valence-electron chi connectivity index (χ2n) is 7.32. The second kappa shape index (κ2) is 9.62. The van der Waals surface area contributed by atoms with Gasteiger partial charge in [0.1, 0.15) is 0 Å². The molecule has 158 valence electrons. The maximum atomic E-state index is 12.5. The highest BCUT2D eigenvalue weighted by Gasteiger charge is 2.21. The minimum absolute atomic E-state index is 0.0160. The Balaban J connectivity index is 1.26. The van der Waals surface area contributed by atoms with Crippen LogP contribution in [0.5, 0.6) is 0 Å². The number of piperazine rings is 1. The SMILES string of the molecule is O=C(/C=C/c1cccc2cccnc12)NCC(=O)N1CCN(c2ccc(Cl)cc2)CC1.